The maximum absolute atomic E-state index is 12.2. The Hall–Kier alpha value is -2.89. The molecule has 6 heteroatoms. The molecule has 2 N–H and O–H groups in total. The Labute approximate surface area is 151 Å². The van der Waals surface area contributed by atoms with Gasteiger partial charge in [-0.2, -0.15) is 0 Å². The minimum atomic E-state index is -0.274. The predicted octanol–water partition coefficient (Wildman–Crippen LogP) is 2.69. The average molecular weight is 361 g/mol. The minimum Gasteiger partial charge on any atom is -0.504 e. The van der Waals surface area contributed by atoms with Gasteiger partial charge >= 0.3 is 5.97 Å². The summed E-state index contributed by atoms with van der Waals surface area (Å²) >= 11 is 0. The first kappa shape index (κ1) is 17.9. The number of aromatic hydroxyl groups is 2. The fraction of sp³-hybridized carbons (Fsp3) is 0.350. The highest BCUT2D eigenvalue weighted by Gasteiger charge is 2.37. The molecule has 2 aromatic rings. The molecule has 1 saturated heterocycles. The molecule has 0 aromatic heterocycles. The zero-order chi connectivity index (χ0) is 18.7. The van der Waals surface area contributed by atoms with Gasteiger partial charge in [0.15, 0.2) is 23.0 Å². The smallest absolute Gasteiger partial charge is 0.309 e. The van der Waals surface area contributed by atoms with Gasteiger partial charge in [-0.15, -0.1) is 0 Å². The van der Waals surface area contributed by atoms with E-state index < -0.39 is 0 Å². The van der Waals surface area contributed by atoms with Crippen LogP contribution in [0.5, 0.6) is 23.0 Å². The molecular formula is C20H22O6. The van der Waals surface area contributed by atoms with E-state index in [9.17, 15) is 15.0 Å². The van der Waals surface area contributed by atoms with Gasteiger partial charge in [0, 0.05) is 5.92 Å². The van der Waals surface area contributed by atoms with E-state index in [0.717, 1.165) is 11.1 Å². The molecule has 1 fully saturated rings. The summed E-state index contributed by atoms with van der Waals surface area (Å²) in [6, 6.07) is 10.3. The van der Waals surface area contributed by atoms with Crippen LogP contribution < -0.4 is 9.47 Å². The first-order valence-corrected chi connectivity index (χ1v) is 8.40. The summed E-state index contributed by atoms with van der Waals surface area (Å²) < 4.78 is 15.6. The standard InChI is InChI=1S/C20H22O6/c1-24-18-9-12(3-5-16(18)21)7-14-11-26-20(23)15(14)8-13-4-6-17(22)19(10-13)25-2/h3-6,9-10,14-15,21-22H,7-8,11H2,1-2H3/t14-,15+/m0/s1/i7+1,8+1,20+1. The van der Waals surface area contributed by atoms with E-state index in [1.54, 1.807) is 30.3 Å². The number of cyclic esters (lactones) is 1. The maximum atomic E-state index is 12.2. The van der Waals surface area contributed by atoms with E-state index >= 15 is 0 Å². The van der Waals surface area contributed by atoms with Crippen LogP contribution >= 0.6 is 0 Å². The molecule has 0 unspecified atom stereocenters. The molecule has 6 nitrogen and oxygen atoms in total. The van der Waals surface area contributed by atoms with Gasteiger partial charge in [-0.1, -0.05) is 12.1 Å². The van der Waals surface area contributed by atoms with Crippen molar-refractivity contribution in [3.05, 3.63) is 47.5 Å². The van der Waals surface area contributed by atoms with Crippen LogP contribution in [0.2, 0.25) is 0 Å². The van der Waals surface area contributed by atoms with Crippen molar-refractivity contribution in [2.24, 2.45) is 11.8 Å². The Morgan fingerprint density at radius 3 is 2.04 bits per heavy atom. The fourth-order valence-corrected chi connectivity index (χ4v) is 3.31. The largest absolute Gasteiger partial charge is 0.504 e. The summed E-state index contributed by atoms with van der Waals surface area (Å²) in [7, 11) is 2.99. The summed E-state index contributed by atoms with van der Waals surface area (Å²) in [5, 5.41) is 19.4. The molecule has 26 heavy (non-hydrogen) atoms. The number of phenolic OH excluding ortho intramolecular Hbond substituents is 2. The summed E-state index contributed by atoms with van der Waals surface area (Å²) in [6.07, 6.45) is 1.15. The number of phenols is 2. The summed E-state index contributed by atoms with van der Waals surface area (Å²) in [5.41, 5.74) is 1.87. The van der Waals surface area contributed by atoms with Gasteiger partial charge in [0.1, 0.15) is 0 Å². The second-order valence-corrected chi connectivity index (χ2v) is 6.42. The molecular weight excluding hydrogens is 339 g/mol. The predicted molar refractivity (Wildman–Crippen MR) is 94.7 cm³/mol. The highest BCUT2D eigenvalue weighted by molar-refractivity contribution is 5.75. The number of carbonyl (C=O) groups is 1. The number of benzene rings is 2. The number of esters is 1. The quantitative estimate of drug-likeness (QED) is 0.608. The second-order valence-electron chi connectivity index (χ2n) is 6.42. The third-order valence-corrected chi connectivity index (χ3v) is 4.75. The molecule has 0 spiro atoms. The van der Waals surface area contributed by atoms with Gasteiger partial charge in [-0.3, -0.25) is 4.79 Å². The number of carbonyl (C=O) groups excluding carboxylic acids is 1. The van der Waals surface area contributed by atoms with Crippen molar-refractivity contribution in [2.45, 2.75) is 12.8 Å². The molecule has 0 aliphatic carbocycles. The molecule has 138 valence electrons. The third-order valence-electron chi connectivity index (χ3n) is 4.75. The SMILES string of the molecule is COc1cc([13CH2][C@H]2CO[13C](=O)[C@@H]2[13CH2]c2ccc(O)c(OC)c2)ccc1O. The summed E-state index contributed by atoms with van der Waals surface area (Å²) in [6.45, 7) is 0.363. The normalized spacial score (nSPS) is 19.2. The second kappa shape index (κ2) is 7.56. The molecule has 0 radical (unpaired) electrons. The topological polar surface area (TPSA) is 85.2 Å². The van der Waals surface area contributed by atoms with E-state index in [0.29, 0.717) is 30.9 Å². The lowest BCUT2D eigenvalue weighted by Crippen LogP contribution is -2.20. The van der Waals surface area contributed by atoms with E-state index in [4.69, 9.17) is 14.2 Å². The van der Waals surface area contributed by atoms with Crippen molar-refractivity contribution < 1.29 is 29.2 Å². The van der Waals surface area contributed by atoms with E-state index in [1.165, 1.54) is 14.2 Å². The van der Waals surface area contributed by atoms with Crippen molar-refractivity contribution in [3.63, 3.8) is 0 Å². The van der Waals surface area contributed by atoms with Crippen molar-refractivity contribution in [1.82, 2.24) is 0 Å². The number of hydrogen-bond donors (Lipinski definition) is 2. The van der Waals surface area contributed by atoms with Crippen molar-refractivity contribution in [1.29, 1.82) is 0 Å². The monoisotopic (exact) mass is 361 g/mol. The molecule has 3 rings (SSSR count). The Morgan fingerprint density at radius 2 is 1.50 bits per heavy atom. The van der Waals surface area contributed by atoms with Crippen LogP contribution in [0.3, 0.4) is 0 Å². The molecule has 0 saturated carbocycles. The number of rotatable bonds is 6. The van der Waals surface area contributed by atoms with E-state index in [2.05, 4.69) is 0 Å². The molecule has 1 heterocycles. The molecule has 0 bridgehead atoms. The first-order valence-electron chi connectivity index (χ1n) is 8.40. The lowest BCUT2D eigenvalue weighted by molar-refractivity contribution is -0.141. The fourth-order valence-electron chi connectivity index (χ4n) is 3.31. The Bertz CT molecular complexity index is 801. The van der Waals surface area contributed by atoms with Crippen LogP contribution in [0.15, 0.2) is 36.4 Å². The Kier molecular flexibility index (Phi) is 5.21. The van der Waals surface area contributed by atoms with Crippen LogP contribution in [0.25, 0.3) is 0 Å². The van der Waals surface area contributed by atoms with Crippen molar-refractivity contribution in [3.8, 4) is 23.0 Å². The van der Waals surface area contributed by atoms with Gasteiger partial charge < -0.3 is 24.4 Å². The van der Waals surface area contributed by atoms with Crippen LogP contribution in [-0.4, -0.2) is 37.0 Å². The molecule has 1 aliphatic heterocycles. The Balaban J connectivity index is 1.76. The average Bonchev–Trinajstić information content (AvgIpc) is 2.98. The first-order chi connectivity index (χ1) is 12.5. The lowest BCUT2D eigenvalue weighted by atomic mass is 10.1. The van der Waals surface area contributed by atoms with E-state index in [-0.39, 0.29) is 29.3 Å². The van der Waals surface area contributed by atoms with Crippen molar-refractivity contribution in [2.75, 3.05) is 20.8 Å². The minimum absolute atomic E-state index is 0.0246. The number of ether oxygens (including phenoxy) is 3. The Morgan fingerprint density at radius 1 is 0.962 bits per heavy atom. The van der Waals surface area contributed by atoms with Crippen LogP contribution in [-0.2, 0) is 22.4 Å². The summed E-state index contributed by atoms with van der Waals surface area (Å²) in [4.78, 5) is 12.2. The zero-order valence-corrected chi connectivity index (χ0v) is 14.8. The zero-order valence-electron chi connectivity index (χ0n) is 14.8. The number of methoxy groups -OCH3 is 2. The summed E-state index contributed by atoms with van der Waals surface area (Å²) in [5.74, 6) is 0.482. The molecule has 2 atom stereocenters. The van der Waals surface area contributed by atoms with Crippen molar-refractivity contribution >= 4 is 5.97 Å². The van der Waals surface area contributed by atoms with E-state index in [1.807, 2.05) is 6.07 Å². The van der Waals surface area contributed by atoms with Crippen LogP contribution in [0, 0.1) is 11.8 Å². The highest BCUT2D eigenvalue weighted by Crippen LogP contribution is 2.34. The van der Waals surface area contributed by atoms with Gasteiger partial charge in [-0.25, -0.2) is 0 Å². The number of hydrogen-bond acceptors (Lipinski definition) is 6. The van der Waals surface area contributed by atoms with Gasteiger partial charge in [-0.05, 0) is 48.2 Å². The third kappa shape index (κ3) is 3.69. The van der Waals surface area contributed by atoms with Gasteiger partial charge in [0.2, 0.25) is 0 Å². The lowest BCUT2D eigenvalue weighted by Gasteiger charge is -2.16. The highest BCUT2D eigenvalue weighted by atomic mass is 16.6. The van der Waals surface area contributed by atoms with Crippen LogP contribution in [0.4, 0.5) is 0 Å². The van der Waals surface area contributed by atoms with Gasteiger partial charge in [0.25, 0.3) is 0 Å². The molecule has 1 aliphatic rings. The molecule has 2 aromatic carbocycles. The maximum Gasteiger partial charge on any atom is 0.309 e. The van der Waals surface area contributed by atoms with Gasteiger partial charge in [0.05, 0.1) is 26.7 Å². The van der Waals surface area contributed by atoms with Crippen LogP contribution in [0.1, 0.15) is 11.1 Å². The molecule has 0 amide bonds.